The Morgan fingerprint density at radius 2 is 1.74 bits per heavy atom. The van der Waals surface area contributed by atoms with E-state index in [4.69, 9.17) is 23.2 Å². The molecule has 0 unspecified atom stereocenters. The number of hydrogen-bond acceptors (Lipinski definition) is 4. The summed E-state index contributed by atoms with van der Waals surface area (Å²) < 4.78 is 0. The van der Waals surface area contributed by atoms with Crippen LogP contribution in [0.5, 0.6) is 0 Å². The zero-order chi connectivity index (χ0) is 16.2. The smallest absolute Gasteiger partial charge is 0.274 e. The van der Waals surface area contributed by atoms with E-state index in [0.717, 1.165) is 12.8 Å². The summed E-state index contributed by atoms with van der Waals surface area (Å²) in [6.07, 6.45) is 6.10. The first-order chi connectivity index (χ1) is 11.1. The average molecular weight is 351 g/mol. The first kappa shape index (κ1) is 16.0. The number of rotatable bonds is 4. The molecule has 120 valence electrons. The number of halogens is 2. The molecule has 3 rings (SSSR count). The van der Waals surface area contributed by atoms with Gasteiger partial charge in [0.15, 0.2) is 0 Å². The molecule has 0 radical (unpaired) electrons. The molecule has 0 atom stereocenters. The van der Waals surface area contributed by atoms with E-state index in [1.54, 1.807) is 24.3 Å². The van der Waals surface area contributed by atoms with Gasteiger partial charge in [-0.2, -0.15) is 0 Å². The van der Waals surface area contributed by atoms with Crippen molar-refractivity contribution in [2.24, 2.45) is 0 Å². The van der Waals surface area contributed by atoms with Gasteiger partial charge in [0.25, 0.3) is 5.91 Å². The largest absolute Gasteiger partial charge is 0.367 e. The normalized spacial score (nSPS) is 14.7. The lowest BCUT2D eigenvalue weighted by molar-refractivity contribution is 0.102. The van der Waals surface area contributed by atoms with Crippen molar-refractivity contribution in [2.75, 3.05) is 10.6 Å². The maximum absolute atomic E-state index is 12.3. The summed E-state index contributed by atoms with van der Waals surface area (Å²) >= 11 is 11.9. The Hall–Kier alpha value is -1.85. The molecule has 2 N–H and O–H groups in total. The Balaban J connectivity index is 1.71. The van der Waals surface area contributed by atoms with Crippen LogP contribution in [0.3, 0.4) is 0 Å². The van der Waals surface area contributed by atoms with Crippen LogP contribution in [0, 0.1) is 0 Å². The Labute approximate surface area is 144 Å². The molecular formula is C16H16Cl2N4O. The Kier molecular flexibility index (Phi) is 4.98. The Morgan fingerprint density at radius 3 is 2.43 bits per heavy atom. The van der Waals surface area contributed by atoms with Gasteiger partial charge in [-0.05, 0) is 31.0 Å². The van der Waals surface area contributed by atoms with Gasteiger partial charge in [0, 0.05) is 27.8 Å². The quantitative estimate of drug-likeness (QED) is 0.857. The molecule has 2 aromatic rings. The molecule has 1 aliphatic carbocycles. The fourth-order valence-corrected chi connectivity index (χ4v) is 3.19. The van der Waals surface area contributed by atoms with Crippen LogP contribution >= 0.6 is 23.2 Å². The molecule has 1 aliphatic rings. The first-order valence-electron chi connectivity index (χ1n) is 7.46. The zero-order valence-electron chi connectivity index (χ0n) is 12.4. The van der Waals surface area contributed by atoms with Crippen molar-refractivity contribution >= 4 is 40.6 Å². The molecule has 1 saturated carbocycles. The highest BCUT2D eigenvalue weighted by Crippen LogP contribution is 2.23. The highest BCUT2D eigenvalue weighted by atomic mass is 35.5. The van der Waals surface area contributed by atoms with Gasteiger partial charge < -0.3 is 10.6 Å². The molecule has 0 spiro atoms. The molecule has 5 nitrogen and oxygen atoms in total. The molecule has 1 aromatic carbocycles. The zero-order valence-corrected chi connectivity index (χ0v) is 13.9. The second-order valence-corrected chi connectivity index (χ2v) is 6.40. The molecule has 1 aromatic heterocycles. The number of carbonyl (C=O) groups is 1. The van der Waals surface area contributed by atoms with Crippen LogP contribution in [0.15, 0.2) is 30.6 Å². The molecule has 7 heteroatoms. The fourth-order valence-electron chi connectivity index (χ4n) is 2.66. The number of hydrogen-bond donors (Lipinski definition) is 2. The number of carbonyl (C=O) groups excluding carboxylic acids is 1. The summed E-state index contributed by atoms with van der Waals surface area (Å²) in [7, 11) is 0. The highest BCUT2D eigenvalue weighted by molar-refractivity contribution is 6.35. The van der Waals surface area contributed by atoms with E-state index in [-0.39, 0.29) is 11.6 Å². The SMILES string of the molecule is O=C(Nc1cc(Cl)cc(Cl)c1)c1cc(NC2CCCC2)ncn1. The van der Waals surface area contributed by atoms with Gasteiger partial charge in [-0.3, -0.25) is 4.79 Å². The van der Waals surface area contributed by atoms with Crippen LogP contribution < -0.4 is 10.6 Å². The molecule has 1 amide bonds. The number of benzene rings is 1. The maximum atomic E-state index is 12.3. The molecule has 0 bridgehead atoms. The van der Waals surface area contributed by atoms with Crippen molar-refractivity contribution in [3.63, 3.8) is 0 Å². The lowest BCUT2D eigenvalue weighted by atomic mass is 10.2. The standard InChI is InChI=1S/C16H16Cl2N4O/c17-10-5-11(18)7-13(6-10)22-16(23)14-8-15(20-9-19-14)21-12-3-1-2-4-12/h5-9,12H,1-4H2,(H,22,23)(H,19,20,21). The first-order valence-corrected chi connectivity index (χ1v) is 8.22. The molecule has 0 saturated heterocycles. The second kappa shape index (κ2) is 7.15. The maximum Gasteiger partial charge on any atom is 0.274 e. The number of nitrogens with one attached hydrogen (secondary N) is 2. The molecule has 1 fully saturated rings. The van der Waals surface area contributed by atoms with Gasteiger partial charge in [0.05, 0.1) is 0 Å². The predicted octanol–water partition coefficient (Wildman–Crippen LogP) is 4.39. The van der Waals surface area contributed by atoms with E-state index >= 15 is 0 Å². The summed E-state index contributed by atoms with van der Waals surface area (Å²) in [6.45, 7) is 0. The second-order valence-electron chi connectivity index (χ2n) is 5.53. The third-order valence-electron chi connectivity index (χ3n) is 3.73. The third kappa shape index (κ3) is 4.33. The van der Waals surface area contributed by atoms with Gasteiger partial charge >= 0.3 is 0 Å². The minimum atomic E-state index is -0.333. The number of aromatic nitrogens is 2. The minimum Gasteiger partial charge on any atom is -0.367 e. The van der Waals surface area contributed by atoms with Crippen molar-refractivity contribution in [3.05, 3.63) is 46.3 Å². The predicted molar refractivity (Wildman–Crippen MR) is 92.3 cm³/mol. The van der Waals surface area contributed by atoms with E-state index in [2.05, 4.69) is 20.6 Å². The van der Waals surface area contributed by atoms with Gasteiger partial charge in [0.1, 0.15) is 17.8 Å². The van der Waals surface area contributed by atoms with E-state index in [1.165, 1.54) is 19.2 Å². The third-order valence-corrected chi connectivity index (χ3v) is 4.16. The molecular weight excluding hydrogens is 335 g/mol. The van der Waals surface area contributed by atoms with Crippen LogP contribution in [0.25, 0.3) is 0 Å². The van der Waals surface area contributed by atoms with Gasteiger partial charge in [0.2, 0.25) is 0 Å². The number of anilines is 2. The van der Waals surface area contributed by atoms with Crippen LogP contribution in [-0.2, 0) is 0 Å². The van der Waals surface area contributed by atoms with Gasteiger partial charge in [-0.15, -0.1) is 0 Å². The van der Waals surface area contributed by atoms with Crippen molar-refractivity contribution in [3.8, 4) is 0 Å². The lowest BCUT2D eigenvalue weighted by Gasteiger charge is -2.13. The summed E-state index contributed by atoms with van der Waals surface area (Å²) in [5.74, 6) is 0.335. The monoisotopic (exact) mass is 350 g/mol. The summed E-state index contributed by atoms with van der Waals surface area (Å²) in [4.78, 5) is 20.5. The van der Waals surface area contributed by atoms with E-state index in [9.17, 15) is 4.79 Å². The minimum absolute atomic E-state index is 0.289. The Bertz CT molecular complexity index is 697. The van der Waals surface area contributed by atoms with Crippen molar-refractivity contribution < 1.29 is 4.79 Å². The molecule has 23 heavy (non-hydrogen) atoms. The van der Waals surface area contributed by atoms with Crippen molar-refractivity contribution in [1.82, 2.24) is 9.97 Å². The summed E-state index contributed by atoms with van der Waals surface area (Å²) in [5, 5.41) is 6.99. The van der Waals surface area contributed by atoms with Crippen LogP contribution in [-0.4, -0.2) is 21.9 Å². The Morgan fingerprint density at radius 1 is 1.04 bits per heavy atom. The lowest BCUT2D eigenvalue weighted by Crippen LogP contribution is -2.18. The molecule has 1 heterocycles. The highest BCUT2D eigenvalue weighted by Gasteiger charge is 2.16. The van der Waals surface area contributed by atoms with E-state index < -0.39 is 0 Å². The van der Waals surface area contributed by atoms with E-state index in [1.807, 2.05) is 0 Å². The van der Waals surface area contributed by atoms with Crippen molar-refractivity contribution in [2.45, 2.75) is 31.7 Å². The van der Waals surface area contributed by atoms with E-state index in [0.29, 0.717) is 27.6 Å². The summed E-state index contributed by atoms with van der Waals surface area (Å²) in [5.41, 5.74) is 0.813. The van der Waals surface area contributed by atoms with Crippen molar-refractivity contribution in [1.29, 1.82) is 0 Å². The topological polar surface area (TPSA) is 66.9 Å². The number of nitrogens with zero attached hydrogens (tertiary/aromatic N) is 2. The van der Waals surface area contributed by atoms with Crippen LogP contribution in [0.2, 0.25) is 10.0 Å². The summed E-state index contributed by atoms with van der Waals surface area (Å²) in [6, 6.07) is 6.94. The number of amides is 1. The fraction of sp³-hybridized carbons (Fsp3) is 0.312. The van der Waals surface area contributed by atoms with Crippen LogP contribution in [0.4, 0.5) is 11.5 Å². The van der Waals surface area contributed by atoms with Gasteiger partial charge in [-0.1, -0.05) is 36.0 Å². The average Bonchev–Trinajstić information content (AvgIpc) is 2.99. The van der Waals surface area contributed by atoms with Gasteiger partial charge in [-0.25, -0.2) is 9.97 Å². The molecule has 0 aliphatic heterocycles. The van der Waals surface area contributed by atoms with Crippen LogP contribution in [0.1, 0.15) is 36.2 Å².